The summed E-state index contributed by atoms with van der Waals surface area (Å²) in [5.74, 6) is 1.42. The molecule has 0 atom stereocenters. The molecule has 6 nitrogen and oxygen atoms in total. The first kappa shape index (κ1) is 13.9. The molecule has 1 N–H and O–H groups in total. The molecule has 0 aliphatic heterocycles. The maximum absolute atomic E-state index is 4.63. The third-order valence-corrected chi connectivity index (χ3v) is 3.99. The van der Waals surface area contributed by atoms with Crippen molar-refractivity contribution in [3.63, 3.8) is 0 Å². The van der Waals surface area contributed by atoms with Crippen LogP contribution in [0.3, 0.4) is 0 Å². The fourth-order valence-electron chi connectivity index (χ4n) is 2.84. The summed E-state index contributed by atoms with van der Waals surface area (Å²) in [5, 5.41) is 9.21. The predicted molar refractivity (Wildman–Crippen MR) is 89.9 cm³/mol. The van der Waals surface area contributed by atoms with Gasteiger partial charge in [-0.15, -0.1) is 5.10 Å². The van der Waals surface area contributed by atoms with Crippen molar-refractivity contribution in [3.8, 4) is 11.1 Å². The van der Waals surface area contributed by atoms with Crippen LogP contribution in [0.1, 0.15) is 19.7 Å². The van der Waals surface area contributed by atoms with Gasteiger partial charge in [-0.3, -0.25) is 0 Å². The zero-order valence-electron chi connectivity index (χ0n) is 13.4. The average molecular weight is 306 g/mol. The van der Waals surface area contributed by atoms with Crippen molar-refractivity contribution < 1.29 is 0 Å². The van der Waals surface area contributed by atoms with E-state index in [1.807, 2.05) is 25.5 Å². The molecule has 0 radical (unpaired) electrons. The SMILES string of the molecule is CC(C)Cc1ncc2c(-c3ccc4nnn(C)c4c3)c[nH]c2n1. The molecule has 4 rings (SSSR count). The molecule has 0 aliphatic carbocycles. The summed E-state index contributed by atoms with van der Waals surface area (Å²) in [6, 6.07) is 6.14. The Labute approximate surface area is 133 Å². The summed E-state index contributed by atoms with van der Waals surface area (Å²) in [7, 11) is 1.90. The highest BCUT2D eigenvalue weighted by atomic mass is 15.4. The molecule has 116 valence electrons. The van der Waals surface area contributed by atoms with E-state index in [0.29, 0.717) is 5.92 Å². The van der Waals surface area contributed by atoms with Gasteiger partial charge in [-0.2, -0.15) is 0 Å². The van der Waals surface area contributed by atoms with Crippen molar-refractivity contribution in [2.75, 3.05) is 0 Å². The van der Waals surface area contributed by atoms with Crippen LogP contribution < -0.4 is 0 Å². The van der Waals surface area contributed by atoms with Gasteiger partial charge in [-0.25, -0.2) is 14.6 Å². The van der Waals surface area contributed by atoms with Crippen LogP contribution in [0.2, 0.25) is 0 Å². The summed E-state index contributed by atoms with van der Waals surface area (Å²) in [5.41, 5.74) is 4.99. The number of H-pyrrole nitrogens is 1. The predicted octanol–water partition coefficient (Wildman–Crippen LogP) is 3.11. The highest BCUT2D eigenvalue weighted by molar-refractivity contribution is 5.95. The molecule has 6 heteroatoms. The molecule has 0 saturated heterocycles. The molecule has 3 heterocycles. The lowest BCUT2D eigenvalue weighted by Gasteiger charge is -2.04. The molecule has 0 saturated carbocycles. The summed E-state index contributed by atoms with van der Waals surface area (Å²) in [4.78, 5) is 12.4. The second-order valence-electron chi connectivity index (χ2n) is 6.27. The third-order valence-electron chi connectivity index (χ3n) is 3.99. The van der Waals surface area contributed by atoms with Gasteiger partial charge in [0.2, 0.25) is 0 Å². The second kappa shape index (κ2) is 5.15. The Morgan fingerprint density at radius 2 is 2.13 bits per heavy atom. The molecule has 0 bridgehead atoms. The van der Waals surface area contributed by atoms with Crippen LogP contribution in [-0.4, -0.2) is 29.9 Å². The molecule has 0 amide bonds. The summed E-state index contributed by atoms with van der Waals surface area (Å²) < 4.78 is 1.78. The smallest absolute Gasteiger partial charge is 0.141 e. The minimum Gasteiger partial charge on any atom is -0.345 e. The van der Waals surface area contributed by atoms with E-state index in [9.17, 15) is 0 Å². The fourth-order valence-corrected chi connectivity index (χ4v) is 2.84. The number of hydrogen-bond acceptors (Lipinski definition) is 4. The Balaban J connectivity index is 1.82. The molecule has 0 aliphatic rings. The Morgan fingerprint density at radius 3 is 2.96 bits per heavy atom. The number of benzene rings is 1. The van der Waals surface area contributed by atoms with Crippen LogP contribution in [0.4, 0.5) is 0 Å². The van der Waals surface area contributed by atoms with Crippen molar-refractivity contribution in [2.24, 2.45) is 13.0 Å². The number of fused-ring (bicyclic) bond motifs is 2. The lowest BCUT2D eigenvalue weighted by Crippen LogP contribution is -2.00. The van der Waals surface area contributed by atoms with E-state index >= 15 is 0 Å². The number of nitrogens with one attached hydrogen (secondary N) is 1. The van der Waals surface area contributed by atoms with Gasteiger partial charge in [0.25, 0.3) is 0 Å². The van der Waals surface area contributed by atoms with Crippen molar-refractivity contribution in [3.05, 3.63) is 36.4 Å². The van der Waals surface area contributed by atoms with Gasteiger partial charge >= 0.3 is 0 Å². The van der Waals surface area contributed by atoms with E-state index in [1.165, 1.54) is 0 Å². The monoisotopic (exact) mass is 306 g/mol. The lowest BCUT2D eigenvalue weighted by molar-refractivity contribution is 0.622. The van der Waals surface area contributed by atoms with Crippen molar-refractivity contribution in [1.82, 2.24) is 29.9 Å². The highest BCUT2D eigenvalue weighted by Crippen LogP contribution is 2.29. The number of rotatable bonds is 3. The van der Waals surface area contributed by atoms with Gasteiger partial charge in [0, 0.05) is 36.8 Å². The zero-order chi connectivity index (χ0) is 16.0. The maximum atomic E-state index is 4.63. The van der Waals surface area contributed by atoms with Crippen LogP contribution >= 0.6 is 0 Å². The van der Waals surface area contributed by atoms with E-state index < -0.39 is 0 Å². The van der Waals surface area contributed by atoms with E-state index in [4.69, 9.17) is 0 Å². The van der Waals surface area contributed by atoms with Gasteiger partial charge < -0.3 is 4.98 Å². The maximum Gasteiger partial charge on any atom is 0.141 e. The summed E-state index contributed by atoms with van der Waals surface area (Å²) in [6.07, 6.45) is 4.79. The second-order valence-corrected chi connectivity index (χ2v) is 6.27. The highest BCUT2D eigenvalue weighted by Gasteiger charge is 2.11. The lowest BCUT2D eigenvalue weighted by atomic mass is 10.1. The van der Waals surface area contributed by atoms with Gasteiger partial charge in [-0.1, -0.05) is 25.1 Å². The van der Waals surface area contributed by atoms with E-state index in [1.54, 1.807) is 4.68 Å². The Hall–Kier alpha value is -2.76. The molecule has 23 heavy (non-hydrogen) atoms. The first-order valence-electron chi connectivity index (χ1n) is 7.74. The zero-order valence-corrected chi connectivity index (χ0v) is 13.4. The van der Waals surface area contributed by atoms with Gasteiger partial charge in [0.15, 0.2) is 0 Å². The largest absolute Gasteiger partial charge is 0.345 e. The molecule has 1 aromatic carbocycles. The topological polar surface area (TPSA) is 72.3 Å². The molecule has 3 aromatic heterocycles. The van der Waals surface area contributed by atoms with Crippen LogP contribution in [0.15, 0.2) is 30.6 Å². The van der Waals surface area contributed by atoms with E-state index in [-0.39, 0.29) is 0 Å². The minimum absolute atomic E-state index is 0.543. The van der Waals surface area contributed by atoms with E-state index in [0.717, 1.165) is 45.4 Å². The first-order valence-corrected chi connectivity index (χ1v) is 7.74. The fraction of sp³-hybridized carbons (Fsp3) is 0.294. The van der Waals surface area contributed by atoms with Crippen LogP contribution in [0.5, 0.6) is 0 Å². The molecule has 0 unspecified atom stereocenters. The van der Waals surface area contributed by atoms with Gasteiger partial charge in [0.05, 0.1) is 5.52 Å². The van der Waals surface area contributed by atoms with Crippen molar-refractivity contribution >= 4 is 22.1 Å². The number of aromatic amines is 1. The number of hydrogen-bond donors (Lipinski definition) is 1. The van der Waals surface area contributed by atoms with Crippen molar-refractivity contribution in [2.45, 2.75) is 20.3 Å². The minimum atomic E-state index is 0.543. The Morgan fingerprint density at radius 1 is 1.26 bits per heavy atom. The molecule has 0 spiro atoms. The van der Waals surface area contributed by atoms with Crippen molar-refractivity contribution in [1.29, 1.82) is 0 Å². The van der Waals surface area contributed by atoms with Gasteiger partial charge in [0.1, 0.15) is 17.0 Å². The Kier molecular flexibility index (Phi) is 3.11. The average Bonchev–Trinajstić information content (AvgIpc) is 3.10. The number of aromatic nitrogens is 6. The van der Waals surface area contributed by atoms with Crippen LogP contribution in [0.25, 0.3) is 33.2 Å². The van der Waals surface area contributed by atoms with Gasteiger partial charge in [-0.05, 0) is 23.6 Å². The Bertz CT molecular complexity index is 995. The quantitative estimate of drug-likeness (QED) is 0.631. The molecule has 0 fully saturated rings. The summed E-state index contributed by atoms with van der Waals surface area (Å²) in [6.45, 7) is 4.34. The summed E-state index contributed by atoms with van der Waals surface area (Å²) >= 11 is 0. The van der Waals surface area contributed by atoms with Crippen LogP contribution in [-0.2, 0) is 13.5 Å². The number of aryl methyl sites for hydroxylation is 1. The number of nitrogens with zero attached hydrogens (tertiary/aromatic N) is 5. The normalized spacial score (nSPS) is 11.8. The first-order chi connectivity index (χ1) is 11.1. The van der Waals surface area contributed by atoms with Crippen LogP contribution in [0, 0.1) is 5.92 Å². The molecular formula is C17H18N6. The van der Waals surface area contributed by atoms with E-state index in [2.05, 4.69) is 51.2 Å². The third kappa shape index (κ3) is 2.36. The molecular weight excluding hydrogens is 288 g/mol. The molecule has 4 aromatic rings. The standard InChI is InChI=1S/C17H18N6/c1-10(2)6-16-18-9-13-12(8-19-17(13)20-16)11-4-5-14-15(7-11)23(3)22-21-14/h4-5,7-10H,6H2,1-3H3,(H,18,19,20).